The van der Waals surface area contributed by atoms with Gasteiger partial charge in [-0.1, -0.05) is 12.1 Å². The molecule has 0 saturated carbocycles. The molecule has 1 heterocycles. The Morgan fingerprint density at radius 1 is 1.26 bits per heavy atom. The molecule has 1 aromatic carbocycles. The SMILES string of the molecule is Cc1ccc(C)c(NC(=O)CCn2cc(C)cn2)c1. The molecule has 2 aromatic rings. The van der Waals surface area contributed by atoms with Crippen molar-refractivity contribution in [3.8, 4) is 0 Å². The zero-order valence-electron chi connectivity index (χ0n) is 11.6. The van der Waals surface area contributed by atoms with E-state index < -0.39 is 0 Å². The van der Waals surface area contributed by atoms with E-state index in [2.05, 4.69) is 10.4 Å². The van der Waals surface area contributed by atoms with E-state index in [0.29, 0.717) is 13.0 Å². The van der Waals surface area contributed by atoms with E-state index in [1.807, 2.05) is 45.2 Å². The fourth-order valence-corrected chi connectivity index (χ4v) is 1.89. The minimum absolute atomic E-state index is 0.0156. The van der Waals surface area contributed by atoms with Crippen LogP contribution in [0.25, 0.3) is 0 Å². The van der Waals surface area contributed by atoms with Crippen LogP contribution in [0.15, 0.2) is 30.6 Å². The standard InChI is InChI=1S/C15H19N3O/c1-11-4-5-13(3)14(8-11)17-15(19)6-7-18-10-12(2)9-16-18/h4-5,8-10H,6-7H2,1-3H3,(H,17,19). The van der Waals surface area contributed by atoms with E-state index in [9.17, 15) is 4.79 Å². The Hall–Kier alpha value is -2.10. The van der Waals surface area contributed by atoms with Crippen molar-refractivity contribution in [3.63, 3.8) is 0 Å². The summed E-state index contributed by atoms with van der Waals surface area (Å²) >= 11 is 0. The highest BCUT2D eigenvalue weighted by Crippen LogP contribution is 2.16. The molecule has 0 aliphatic rings. The summed E-state index contributed by atoms with van der Waals surface area (Å²) in [6.07, 6.45) is 4.16. The molecule has 0 saturated heterocycles. The summed E-state index contributed by atoms with van der Waals surface area (Å²) in [5, 5.41) is 7.11. The first-order valence-corrected chi connectivity index (χ1v) is 6.41. The first-order valence-electron chi connectivity index (χ1n) is 6.41. The molecule has 2 rings (SSSR count). The quantitative estimate of drug-likeness (QED) is 0.915. The number of carbonyl (C=O) groups excluding carboxylic acids is 1. The lowest BCUT2D eigenvalue weighted by Gasteiger charge is -2.09. The first kappa shape index (κ1) is 13.3. The van der Waals surface area contributed by atoms with Gasteiger partial charge in [-0.3, -0.25) is 9.48 Å². The largest absolute Gasteiger partial charge is 0.326 e. The van der Waals surface area contributed by atoms with Crippen LogP contribution in [0.3, 0.4) is 0 Å². The average molecular weight is 257 g/mol. The molecule has 19 heavy (non-hydrogen) atoms. The van der Waals surface area contributed by atoms with Gasteiger partial charge in [0.25, 0.3) is 0 Å². The van der Waals surface area contributed by atoms with Gasteiger partial charge in [0.1, 0.15) is 0 Å². The Balaban J connectivity index is 1.92. The lowest BCUT2D eigenvalue weighted by atomic mass is 10.1. The minimum atomic E-state index is 0.0156. The maximum atomic E-state index is 11.9. The van der Waals surface area contributed by atoms with Crippen molar-refractivity contribution in [2.45, 2.75) is 33.7 Å². The Labute approximate surface area is 113 Å². The summed E-state index contributed by atoms with van der Waals surface area (Å²) in [5.74, 6) is 0.0156. The molecular weight excluding hydrogens is 238 g/mol. The summed E-state index contributed by atoms with van der Waals surface area (Å²) in [7, 11) is 0. The molecule has 1 aromatic heterocycles. The summed E-state index contributed by atoms with van der Waals surface area (Å²) in [5.41, 5.74) is 4.22. The van der Waals surface area contributed by atoms with E-state index in [-0.39, 0.29) is 5.91 Å². The van der Waals surface area contributed by atoms with E-state index >= 15 is 0 Å². The summed E-state index contributed by atoms with van der Waals surface area (Å²) < 4.78 is 1.79. The topological polar surface area (TPSA) is 46.9 Å². The zero-order chi connectivity index (χ0) is 13.8. The van der Waals surface area contributed by atoms with Crippen LogP contribution in [-0.4, -0.2) is 15.7 Å². The van der Waals surface area contributed by atoms with Gasteiger partial charge in [0, 0.05) is 24.8 Å². The number of carbonyl (C=O) groups is 1. The number of rotatable bonds is 4. The third-order valence-corrected chi connectivity index (χ3v) is 3.00. The van der Waals surface area contributed by atoms with Crippen LogP contribution in [0.5, 0.6) is 0 Å². The molecule has 0 unspecified atom stereocenters. The number of nitrogens with zero attached hydrogens (tertiary/aromatic N) is 2. The first-order chi connectivity index (χ1) is 9.04. The molecule has 0 aliphatic carbocycles. The van der Waals surface area contributed by atoms with Crippen LogP contribution < -0.4 is 5.32 Å². The number of benzene rings is 1. The van der Waals surface area contributed by atoms with Crippen LogP contribution in [-0.2, 0) is 11.3 Å². The summed E-state index contributed by atoms with van der Waals surface area (Å²) in [6.45, 7) is 6.59. The van der Waals surface area contributed by atoms with Gasteiger partial charge in [-0.15, -0.1) is 0 Å². The Morgan fingerprint density at radius 2 is 2.05 bits per heavy atom. The Morgan fingerprint density at radius 3 is 2.74 bits per heavy atom. The van der Waals surface area contributed by atoms with Crippen molar-refractivity contribution in [3.05, 3.63) is 47.3 Å². The summed E-state index contributed by atoms with van der Waals surface area (Å²) in [6, 6.07) is 6.05. The lowest BCUT2D eigenvalue weighted by Crippen LogP contribution is -2.15. The number of anilines is 1. The molecule has 1 N–H and O–H groups in total. The van der Waals surface area contributed by atoms with Crippen LogP contribution in [0.1, 0.15) is 23.1 Å². The third-order valence-electron chi connectivity index (χ3n) is 3.00. The van der Waals surface area contributed by atoms with Crippen molar-refractivity contribution in [1.29, 1.82) is 0 Å². The monoisotopic (exact) mass is 257 g/mol. The van der Waals surface area contributed by atoms with E-state index in [0.717, 1.165) is 22.4 Å². The van der Waals surface area contributed by atoms with Gasteiger partial charge in [-0.25, -0.2) is 0 Å². The lowest BCUT2D eigenvalue weighted by molar-refractivity contribution is -0.116. The van der Waals surface area contributed by atoms with Gasteiger partial charge < -0.3 is 5.32 Å². The number of hydrogen-bond donors (Lipinski definition) is 1. The van der Waals surface area contributed by atoms with Crippen molar-refractivity contribution >= 4 is 11.6 Å². The number of amides is 1. The fourth-order valence-electron chi connectivity index (χ4n) is 1.89. The highest BCUT2D eigenvalue weighted by Gasteiger charge is 2.05. The van der Waals surface area contributed by atoms with Gasteiger partial charge in [0.05, 0.1) is 6.20 Å². The Kier molecular flexibility index (Phi) is 4.00. The molecule has 0 fully saturated rings. The second-order valence-electron chi connectivity index (χ2n) is 4.90. The van der Waals surface area contributed by atoms with Gasteiger partial charge in [-0.2, -0.15) is 5.10 Å². The smallest absolute Gasteiger partial charge is 0.226 e. The molecule has 100 valence electrons. The van der Waals surface area contributed by atoms with E-state index in [1.54, 1.807) is 10.9 Å². The van der Waals surface area contributed by atoms with E-state index in [4.69, 9.17) is 0 Å². The number of aromatic nitrogens is 2. The normalized spacial score (nSPS) is 10.5. The van der Waals surface area contributed by atoms with Crippen molar-refractivity contribution in [1.82, 2.24) is 9.78 Å². The van der Waals surface area contributed by atoms with Crippen molar-refractivity contribution in [2.75, 3.05) is 5.32 Å². The molecule has 4 nitrogen and oxygen atoms in total. The molecule has 0 radical (unpaired) electrons. The van der Waals surface area contributed by atoms with Gasteiger partial charge >= 0.3 is 0 Å². The van der Waals surface area contributed by atoms with Crippen LogP contribution in [0.2, 0.25) is 0 Å². The Bertz CT molecular complexity index is 587. The van der Waals surface area contributed by atoms with Crippen molar-refractivity contribution < 1.29 is 4.79 Å². The van der Waals surface area contributed by atoms with Gasteiger partial charge in [0.2, 0.25) is 5.91 Å². The molecular formula is C15H19N3O. The number of nitrogens with one attached hydrogen (secondary N) is 1. The highest BCUT2D eigenvalue weighted by atomic mass is 16.1. The maximum Gasteiger partial charge on any atom is 0.226 e. The molecule has 0 aliphatic heterocycles. The third kappa shape index (κ3) is 3.68. The predicted octanol–water partition coefficient (Wildman–Crippen LogP) is 2.84. The van der Waals surface area contributed by atoms with Crippen molar-refractivity contribution in [2.24, 2.45) is 0 Å². The number of hydrogen-bond acceptors (Lipinski definition) is 2. The maximum absolute atomic E-state index is 11.9. The molecule has 0 atom stereocenters. The number of aryl methyl sites for hydroxylation is 4. The van der Waals surface area contributed by atoms with Crippen LogP contribution >= 0.6 is 0 Å². The highest BCUT2D eigenvalue weighted by molar-refractivity contribution is 5.91. The average Bonchev–Trinajstić information content (AvgIpc) is 2.77. The van der Waals surface area contributed by atoms with Gasteiger partial charge in [0.15, 0.2) is 0 Å². The predicted molar refractivity (Wildman–Crippen MR) is 76.1 cm³/mol. The second kappa shape index (κ2) is 5.69. The second-order valence-corrected chi connectivity index (χ2v) is 4.90. The van der Waals surface area contributed by atoms with Crippen LogP contribution in [0.4, 0.5) is 5.69 Å². The zero-order valence-corrected chi connectivity index (χ0v) is 11.6. The fraction of sp³-hybridized carbons (Fsp3) is 0.333. The molecule has 0 spiro atoms. The summed E-state index contributed by atoms with van der Waals surface area (Å²) in [4.78, 5) is 11.9. The molecule has 1 amide bonds. The molecule has 0 bridgehead atoms. The van der Waals surface area contributed by atoms with E-state index in [1.165, 1.54) is 0 Å². The van der Waals surface area contributed by atoms with Crippen LogP contribution in [0, 0.1) is 20.8 Å². The van der Waals surface area contributed by atoms with Gasteiger partial charge in [-0.05, 0) is 43.5 Å². The molecule has 4 heteroatoms. The minimum Gasteiger partial charge on any atom is -0.326 e.